The van der Waals surface area contributed by atoms with Crippen molar-refractivity contribution in [2.75, 3.05) is 0 Å². The molecule has 1 N–H and O–H groups in total. The second-order valence-electron chi connectivity index (χ2n) is 12.1. The first-order valence-corrected chi connectivity index (χ1v) is 14.8. The van der Waals surface area contributed by atoms with Gasteiger partial charge >= 0.3 is 5.97 Å². The van der Waals surface area contributed by atoms with Gasteiger partial charge in [-0.1, -0.05) is 44.4 Å². The maximum absolute atomic E-state index is 14.7. The molecule has 2 heterocycles. The third kappa shape index (κ3) is 5.76. The zero-order valence-corrected chi connectivity index (χ0v) is 24.4. The first-order valence-electron chi connectivity index (χ1n) is 14.4. The number of carbonyl (C=O) groups excluding carboxylic acids is 2. The highest BCUT2D eigenvalue weighted by Crippen LogP contribution is 2.47. The Balaban J connectivity index is 1.40. The molecule has 0 radical (unpaired) electrons. The molecule has 2 aromatic carbocycles. The van der Waals surface area contributed by atoms with E-state index in [0.29, 0.717) is 23.7 Å². The Morgan fingerprint density at radius 2 is 1.88 bits per heavy atom. The average Bonchev–Trinajstić information content (AvgIpc) is 3.56. The molecule has 2 aliphatic rings. The molecule has 214 valence electrons. The summed E-state index contributed by atoms with van der Waals surface area (Å²) in [4.78, 5) is 35.8. The number of aromatic nitrogens is 2. The summed E-state index contributed by atoms with van der Waals surface area (Å²) < 4.78 is 26.6. The van der Waals surface area contributed by atoms with E-state index < -0.39 is 29.2 Å². The van der Waals surface area contributed by atoms with Crippen molar-refractivity contribution in [2.24, 2.45) is 17.8 Å². The Kier molecular flexibility index (Phi) is 8.23. The van der Waals surface area contributed by atoms with Gasteiger partial charge < -0.3 is 14.5 Å². The number of aryl methyl sites for hydroxylation is 1. The monoisotopic (exact) mass is 568 g/mol. The summed E-state index contributed by atoms with van der Waals surface area (Å²) in [5.74, 6) is -1.49. The van der Waals surface area contributed by atoms with Crippen LogP contribution >= 0.6 is 11.6 Å². The van der Waals surface area contributed by atoms with Gasteiger partial charge in [-0.2, -0.15) is 0 Å². The summed E-state index contributed by atoms with van der Waals surface area (Å²) >= 11 is 6.17. The number of hydrogen-bond donors (Lipinski definition) is 1. The molecular formula is C32H38ClFN2O4. The van der Waals surface area contributed by atoms with Crippen molar-refractivity contribution in [3.63, 3.8) is 0 Å². The highest BCUT2D eigenvalue weighted by molar-refractivity contribution is 6.31. The van der Waals surface area contributed by atoms with Crippen molar-refractivity contribution in [2.45, 2.75) is 90.3 Å². The Hall–Kier alpha value is -2.93. The molecule has 5 rings (SSSR count). The molecule has 3 unspecified atom stereocenters. The molecule has 0 amide bonds. The number of Topliss-reactive ketones (excluding diaryl/α,β-unsaturated/α-hetero) is 1. The molecule has 0 bridgehead atoms. The molecule has 0 spiro atoms. The number of cyclic esters (lactones) is 1. The Bertz CT molecular complexity index is 1380. The van der Waals surface area contributed by atoms with Crippen LogP contribution in [0, 0.1) is 23.6 Å². The van der Waals surface area contributed by atoms with Crippen LogP contribution in [0.4, 0.5) is 4.39 Å². The van der Waals surface area contributed by atoms with Crippen LogP contribution in [0.25, 0.3) is 11.0 Å². The Labute approximate surface area is 240 Å². The lowest BCUT2D eigenvalue weighted by atomic mass is 9.70. The van der Waals surface area contributed by atoms with Gasteiger partial charge in [-0.25, -0.2) is 9.37 Å². The van der Waals surface area contributed by atoms with Gasteiger partial charge in [0.15, 0.2) is 17.3 Å². The number of nitrogens with one attached hydrogen (secondary N) is 1. The van der Waals surface area contributed by atoms with Crippen molar-refractivity contribution in [1.29, 1.82) is 0 Å². The number of halogens is 2. The van der Waals surface area contributed by atoms with E-state index in [1.807, 2.05) is 39.8 Å². The van der Waals surface area contributed by atoms with Gasteiger partial charge in [0.05, 0.1) is 17.1 Å². The SMILES string of the molecule is CC(C)Oc1ccc(CCC2(C3CCCC3)CC(=O)C(C(c3nc4ccc(Cl)cc4[nH]3)C(C)C)C(=O)O2)cc1F. The molecule has 3 atom stereocenters. The lowest BCUT2D eigenvalue weighted by Gasteiger charge is -2.44. The number of H-pyrrole nitrogens is 1. The topological polar surface area (TPSA) is 81.3 Å². The summed E-state index contributed by atoms with van der Waals surface area (Å²) in [6.45, 7) is 7.69. The van der Waals surface area contributed by atoms with Crippen LogP contribution in [0.2, 0.25) is 5.02 Å². The maximum atomic E-state index is 14.7. The van der Waals surface area contributed by atoms with Gasteiger partial charge in [0.2, 0.25) is 0 Å². The fourth-order valence-corrected chi connectivity index (χ4v) is 6.80. The molecule has 40 heavy (non-hydrogen) atoms. The normalized spacial score (nSPS) is 22.9. The number of carbonyl (C=O) groups is 2. The zero-order valence-electron chi connectivity index (χ0n) is 23.6. The quantitative estimate of drug-likeness (QED) is 0.212. The van der Waals surface area contributed by atoms with E-state index in [4.69, 9.17) is 26.1 Å². The molecule has 6 nitrogen and oxygen atoms in total. The molecule has 8 heteroatoms. The van der Waals surface area contributed by atoms with Crippen LogP contribution in [-0.4, -0.2) is 33.4 Å². The lowest BCUT2D eigenvalue weighted by molar-refractivity contribution is -0.187. The minimum absolute atomic E-state index is 0.0361. The highest BCUT2D eigenvalue weighted by Gasteiger charge is 2.54. The predicted molar refractivity (Wildman–Crippen MR) is 153 cm³/mol. The number of ketones is 1. The van der Waals surface area contributed by atoms with Gasteiger partial charge in [-0.3, -0.25) is 9.59 Å². The number of ether oxygens (including phenoxy) is 2. The third-order valence-electron chi connectivity index (χ3n) is 8.53. The lowest BCUT2D eigenvalue weighted by Crippen LogP contribution is -2.53. The minimum atomic E-state index is -0.935. The van der Waals surface area contributed by atoms with E-state index in [2.05, 4.69) is 4.98 Å². The fourth-order valence-electron chi connectivity index (χ4n) is 6.63. The van der Waals surface area contributed by atoms with E-state index >= 15 is 0 Å². The van der Waals surface area contributed by atoms with Crippen molar-refractivity contribution >= 4 is 34.4 Å². The highest BCUT2D eigenvalue weighted by atomic mass is 35.5. The summed E-state index contributed by atoms with van der Waals surface area (Å²) in [6.07, 6.45) is 4.94. The summed E-state index contributed by atoms with van der Waals surface area (Å²) in [5, 5.41) is 0.584. The number of hydrogen-bond acceptors (Lipinski definition) is 5. The van der Waals surface area contributed by atoms with Gasteiger partial charge in [0, 0.05) is 17.4 Å². The van der Waals surface area contributed by atoms with Crippen molar-refractivity contribution < 1.29 is 23.5 Å². The van der Waals surface area contributed by atoms with E-state index in [-0.39, 0.29) is 35.9 Å². The number of esters is 1. The van der Waals surface area contributed by atoms with Crippen LogP contribution < -0.4 is 4.74 Å². The second-order valence-corrected chi connectivity index (χ2v) is 12.5. The summed E-state index contributed by atoms with van der Waals surface area (Å²) in [5.41, 5.74) is 1.41. The van der Waals surface area contributed by atoms with Crippen LogP contribution in [0.15, 0.2) is 36.4 Å². The van der Waals surface area contributed by atoms with Crippen LogP contribution in [-0.2, 0) is 20.7 Å². The predicted octanol–water partition coefficient (Wildman–Crippen LogP) is 7.58. The molecule has 3 aromatic rings. The van der Waals surface area contributed by atoms with Crippen LogP contribution in [0.5, 0.6) is 5.75 Å². The largest absolute Gasteiger partial charge is 0.488 e. The molecule has 1 aromatic heterocycles. The minimum Gasteiger partial charge on any atom is -0.488 e. The van der Waals surface area contributed by atoms with Crippen molar-refractivity contribution in [3.8, 4) is 5.75 Å². The number of aromatic amines is 1. The Morgan fingerprint density at radius 1 is 1.12 bits per heavy atom. The van der Waals surface area contributed by atoms with E-state index in [1.165, 1.54) is 6.07 Å². The summed E-state index contributed by atoms with van der Waals surface area (Å²) in [7, 11) is 0. The fraction of sp³-hybridized carbons (Fsp3) is 0.531. The Morgan fingerprint density at radius 3 is 2.52 bits per heavy atom. The van der Waals surface area contributed by atoms with Crippen molar-refractivity contribution in [3.05, 3.63) is 58.6 Å². The van der Waals surface area contributed by atoms with Gasteiger partial charge in [0.1, 0.15) is 17.3 Å². The number of nitrogens with zero attached hydrogens (tertiary/aromatic N) is 1. The standard InChI is InChI=1S/C32H38ClFN2O4/c1-18(2)28(30-35-24-11-10-22(33)16-25(24)36-30)29-26(37)17-32(40-31(29)38,21-7-5-6-8-21)14-13-20-9-12-27(23(34)15-20)39-19(3)4/h9-12,15-16,18-19,21,28-29H,5-8,13-14,17H2,1-4H3,(H,35,36). The molecule has 1 saturated carbocycles. The molecule has 2 fully saturated rings. The van der Waals surface area contributed by atoms with E-state index in [9.17, 15) is 14.0 Å². The van der Waals surface area contributed by atoms with Gasteiger partial charge in [-0.15, -0.1) is 0 Å². The number of imidazole rings is 1. The molecule has 1 saturated heterocycles. The molecule has 1 aliphatic heterocycles. The van der Waals surface area contributed by atoms with Gasteiger partial charge in [0.25, 0.3) is 0 Å². The zero-order chi connectivity index (χ0) is 28.6. The number of fused-ring (bicyclic) bond motifs is 1. The third-order valence-corrected chi connectivity index (χ3v) is 8.76. The van der Waals surface area contributed by atoms with Gasteiger partial charge in [-0.05, 0) is 87.3 Å². The first-order chi connectivity index (χ1) is 19.1. The maximum Gasteiger partial charge on any atom is 0.317 e. The van der Waals surface area contributed by atoms with Crippen LogP contribution in [0.3, 0.4) is 0 Å². The number of rotatable bonds is 9. The second kappa shape index (κ2) is 11.5. The average molecular weight is 569 g/mol. The smallest absolute Gasteiger partial charge is 0.317 e. The number of benzene rings is 2. The van der Waals surface area contributed by atoms with E-state index in [0.717, 1.165) is 42.3 Å². The molecular weight excluding hydrogens is 531 g/mol. The molecule has 1 aliphatic carbocycles. The van der Waals surface area contributed by atoms with Crippen LogP contribution in [0.1, 0.15) is 83.5 Å². The first kappa shape index (κ1) is 28.6. The summed E-state index contributed by atoms with van der Waals surface area (Å²) in [6, 6.07) is 10.4. The van der Waals surface area contributed by atoms with E-state index in [1.54, 1.807) is 18.2 Å². The van der Waals surface area contributed by atoms with Crippen molar-refractivity contribution in [1.82, 2.24) is 9.97 Å².